The average Bonchev–Trinajstić information content (AvgIpc) is 3.24. The third-order valence-electron chi connectivity index (χ3n) is 5.91. The SMILES string of the molecule is CC1Cc2cc(/C(O)=C3\C(=O)C(=O)N(CCCN(C)C)C3c3ccccc3F)ccc2O1. The number of ether oxygens (including phenoxy) is 1. The van der Waals surface area contributed by atoms with E-state index < -0.39 is 23.5 Å². The molecule has 1 saturated heterocycles. The number of benzene rings is 2. The van der Waals surface area contributed by atoms with Crippen molar-refractivity contribution in [2.45, 2.75) is 31.9 Å². The number of ketones is 1. The van der Waals surface area contributed by atoms with Crippen LogP contribution >= 0.6 is 0 Å². The highest BCUT2D eigenvalue weighted by Crippen LogP contribution is 2.41. The molecule has 7 heteroatoms. The van der Waals surface area contributed by atoms with E-state index in [9.17, 15) is 19.1 Å². The van der Waals surface area contributed by atoms with Crippen molar-refractivity contribution in [2.24, 2.45) is 0 Å². The summed E-state index contributed by atoms with van der Waals surface area (Å²) in [6, 6.07) is 10.3. The molecule has 1 fully saturated rings. The smallest absolute Gasteiger partial charge is 0.295 e. The number of carbonyl (C=O) groups is 2. The van der Waals surface area contributed by atoms with Crippen LogP contribution in [-0.4, -0.2) is 59.9 Å². The van der Waals surface area contributed by atoms with Crippen LogP contribution in [0.15, 0.2) is 48.0 Å². The maximum absolute atomic E-state index is 14.8. The largest absolute Gasteiger partial charge is 0.507 e. The molecule has 1 N–H and O–H groups in total. The minimum atomic E-state index is -0.984. The molecule has 2 unspecified atom stereocenters. The summed E-state index contributed by atoms with van der Waals surface area (Å²) in [4.78, 5) is 29.3. The first-order valence-electron chi connectivity index (χ1n) is 10.8. The lowest BCUT2D eigenvalue weighted by Crippen LogP contribution is -2.32. The highest BCUT2D eigenvalue weighted by atomic mass is 19.1. The molecule has 0 bridgehead atoms. The van der Waals surface area contributed by atoms with E-state index in [0.29, 0.717) is 24.9 Å². The molecular weight excluding hydrogens is 411 g/mol. The Morgan fingerprint density at radius 2 is 1.97 bits per heavy atom. The van der Waals surface area contributed by atoms with Crippen molar-refractivity contribution < 1.29 is 23.8 Å². The Hall–Kier alpha value is -3.19. The third-order valence-corrected chi connectivity index (χ3v) is 5.91. The molecule has 2 atom stereocenters. The predicted octanol–water partition coefficient (Wildman–Crippen LogP) is 3.52. The van der Waals surface area contributed by atoms with Crippen LogP contribution in [0.2, 0.25) is 0 Å². The molecule has 0 spiro atoms. The van der Waals surface area contributed by atoms with Gasteiger partial charge in [0, 0.05) is 24.1 Å². The molecule has 6 nitrogen and oxygen atoms in total. The van der Waals surface area contributed by atoms with Crippen LogP contribution in [0.5, 0.6) is 5.75 Å². The summed E-state index contributed by atoms with van der Waals surface area (Å²) < 4.78 is 20.5. The zero-order chi connectivity index (χ0) is 23.0. The molecule has 32 heavy (non-hydrogen) atoms. The van der Waals surface area contributed by atoms with Gasteiger partial charge in [0.1, 0.15) is 23.4 Å². The van der Waals surface area contributed by atoms with Gasteiger partial charge in [-0.25, -0.2) is 4.39 Å². The van der Waals surface area contributed by atoms with Gasteiger partial charge in [0.2, 0.25) is 0 Å². The highest BCUT2D eigenvalue weighted by Gasteiger charge is 2.46. The number of fused-ring (bicyclic) bond motifs is 1. The first kappa shape index (κ1) is 22.0. The lowest BCUT2D eigenvalue weighted by Gasteiger charge is -2.26. The minimum Gasteiger partial charge on any atom is -0.507 e. The molecule has 2 aliphatic heterocycles. The molecule has 0 aliphatic carbocycles. The van der Waals surface area contributed by atoms with Crippen molar-refractivity contribution in [3.05, 3.63) is 70.5 Å². The minimum absolute atomic E-state index is 0.0306. The van der Waals surface area contributed by atoms with E-state index in [1.165, 1.54) is 11.0 Å². The first-order chi connectivity index (χ1) is 15.3. The zero-order valence-corrected chi connectivity index (χ0v) is 18.5. The first-order valence-corrected chi connectivity index (χ1v) is 10.8. The Morgan fingerprint density at radius 3 is 2.69 bits per heavy atom. The van der Waals surface area contributed by atoms with Crippen LogP contribution in [-0.2, 0) is 16.0 Å². The maximum Gasteiger partial charge on any atom is 0.295 e. The number of likely N-dealkylation sites (tertiary alicyclic amines) is 1. The molecular formula is C25H27FN2O4. The lowest BCUT2D eigenvalue weighted by molar-refractivity contribution is -0.140. The van der Waals surface area contributed by atoms with Crippen LogP contribution in [0, 0.1) is 5.82 Å². The second-order valence-electron chi connectivity index (χ2n) is 8.63. The molecule has 1 amide bonds. The third kappa shape index (κ3) is 4.00. The van der Waals surface area contributed by atoms with E-state index in [4.69, 9.17) is 4.74 Å². The number of rotatable bonds is 6. The van der Waals surface area contributed by atoms with Crippen molar-refractivity contribution in [1.82, 2.24) is 9.80 Å². The van der Waals surface area contributed by atoms with Gasteiger partial charge >= 0.3 is 0 Å². The molecule has 2 heterocycles. The highest BCUT2D eigenvalue weighted by molar-refractivity contribution is 6.46. The Morgan fingerprint density at radius 1 is 1.22 bits per heavy atom. The number of Topliss-reactive ketones (excluding diaryl/α,β-unsaturated/α-hetero) is 1. The molecule has 2 aromatic carbocycles. The second kappa shape index (κ2) is 8.74. The summed E-state index contributed by atoms with van der Waals surface area (Å²) >= 11 is 0. The van der Waals surface area contributed by atoms with Crippen molar-refractivity contribution in [2.75, 3.05) is 27.2 Å². The Bertz CT molecular complexity index is 1100. The Labute approximate surface area is 186 Å². The quantitative estimate of drug-likeness (QED) is 0.425. The van der Waals surface area contributed by atoms with Gasteiger partial charge in [-0.05, 0) is 63.8 Å². The normalized spacial score (nSPS) is 21.8. The van der Waals surface area contributed by atoms with Crippen LogP contribution in [0.3, 0.4) is 0 Å². The topological polar surface area (TPSA) is 70.1 Å². The van der Waals surface area contributed by atoms with Crippen LogP contribution < -0.4 is 4.74 Å². The fraction of sp³-hybridized carbons (Fsp3) is 0.360. The van der Waals surface area contributed by atoms with Crippen LogP contribution in [0.25, 0.3) is 5.76 Å². The van der Waals surface area contributed by atoms with Gasteiger partial charge in [-0.2, -0.15) is 0 Å². The number of aliphatic hydroxyl groups is 1. The zero-order valence-electron chi connectivity index (χ0n) is 18.5. The van der Waals surface area contributed by atoms with Crippen molar-refractivity contribution in [1.29, 1.82) is 0 Å². The molecule has 0 aromatic heterocycles. The van der Waals surface area contributed by atoms with Crippen LogP contribution in [0.1, 0.15) is 36.1 Å². The van der Waals surface area contributed by atoms with E-state index in [2.05, 4.69) is 0 Å². The van der Waals surface area contributed by atoms with E-state index >= 15 is 0 Å². The van der Waals surface area contributed by atoms with E-state index in [1.807, 2.05) is 25.9 Å². The standard InChI is InChI=1S/C25H27FN2O4/c1-15-13-17-14-16(9-10-20(17)32-15)23(29)21-22(18-7-4-5-8-19(18)26)28(25(31)24(21)30)12-6-11-27(2)3/h4-5,7-10,14-15,22,29H,6,11-13H2,1-3H3/b23-21+. The number of aliphatic hydroxyl groups excluding tert-OH is 1. The number of hydrogen-bond acceptors (Lipinski definition) is 5. The maximum atomic E-state index is 14.8. The summed E-state index contributed by atoms with van der Waals surface area (Å²) in [7, 11) is 3.84. The number of amides is 1. The molecule has 2 aromatic rings. The van der Waals surface area contributed by atoms with Gasteiger partial charge < -0.3 is 19.6 Å². The summed E-state index contributed by atoms with van der Waals surface area (Å²) in [5, 5.41) is 11.2. The van der Waals surface area contributed by atoms with Gasteiger partial charge in [0.05, 0.1) is 11.6 Å². The molecule has 0 saturated carbocycles. The fourth-order valence-corrected chi connectivity index (χ4v) is 4.41. The Balaban J connectivity index is 1.80. The van der Waals surface area contributed by atoms with E-state index in [-0.39, 0.29) is 29.5 Å². The van der Waals surface area contributed by atoms with Crippen molar-refractivity contribution in [3.63, 3.8) is 0 Å². The lowest BCUT2D eigenvalue weighted by atomic mass is 9.94. The number of nitrogens with zero attached hydrogens (tertiary/aromatic N) is 2. The van der Waals surface area contributed by atoms with Gasteiger partial charge in [0.15, 0.2) is 0 Å². The Kier molecular flexibility index (Phi) is 6.02. The monoisotopic (exact) mass is 438 g/mol. The van der Waals surface area contributed by atoms with Crippen LogP contribution in [0.4, 0.5) is 4.39 Å². The predicted molar refractivity (Wildman–Crippen MR) is 119 cm³/mol. The van der Waals surface area contributed by atoms with Gasteiger partial charge in [-0.15, -0.1) is 0 Å². The summed E-state index contributed by atoms with van der Waals surface area (Å²) in [6.45, 7) is 2.93. The number of carbonyl (C=O) groups excluding carboxylic acids is 2. The van der Waals surface area contributed by atoms with Gasteiger partial charge in [-0.1, -0.05) is 18.2 Å². The number of hydrogen-bond donors (Lipinski definition) is 1. The fourth-order valence-electron chi connectivity index (χ4n) is 4.41. The average molecular weight is 438 g/mol. The molecule has 168 valence electrons. The molecule has 0 radical (unpaired) electrons. The van der Waals surface area contributed by atoms with Gasteiger partial charge in [0.25, 0.3) is 11.7 Å². The van der Waals surface area contributed by atoms with E-state index in [1.54, 1.807) is 36.4 Å². The molecule has 2 aliphatic rings. The second-order valence-corrected chi connectivity index (χ2v) is 8.63. The van der Waals surface area contributed by atoms with Gasteiger partial charge in [-0.3, -0.25) is 9.59 Å². The summed E-state index contributed by atoms with van der Waals surface area (Å²) in [6.07, 6.45) is 1.33. The molecule has 4 rings (SSSR count). The van der Waals surface area contributed by atoms with E-state index in [0.717, 1.165) is 11.3 Å². The summed E-state index contributed by atoms with van der Waals surface area (Å²) in [5.41, 5.74) is 1.44. The van der Waals surface area contributed by atoms with Crippen molar-refractivity contribution in [3.8, 4) is 5.75 Å². The number of halogens is 1. The summed E-state index contributed by atoms with van der Waals surface area (Å²) in [5.74, 6) is -1.61. The van der Waals surface area contributed by atoms with Crippen molar-refractivity contribution >= 4 is 17.4 Å².